The van der Waals surface area contributed by atoms with Crippen molar-refractivity contribution in [3.8, 4) is 0 Å². The zero-order valence-electron chi connectivity index (χ0n) is 17.3. The van der Waals surface area contributed by atoms with Crippen molar-refractivity contribution in [3.05, 3.63) is 47.3 Å². The van der Waals surface area contributed by atoms with E-state index in [0.29, 0.717) is 30.3 Å². The van der Waals surface area contributed by atoms with Gasteiger partial charge in [-0.1, -0.05) is 26.0 Å². The number of ether oxygens (including phenoxy) is 1. The van der Waals surface area contributed by atoms with E-state index < -0.39 is 18.5 Å². The minimum Gasteiger partial charge on any atom is -0.456 e. The fraction of sp³-hybridized carbons (Fsp3) is 0.429. The van der Waals surface area contributed by atoms with Crippen molar-refractivity contribution in [3.63, 3.8) is 0 Å². The average Bonchev–Trinajstić information content (AvgIpc) is 3.00. The molecule has 0 saturated heterocycles. The van der Waals surface area contributed by atoms with Crippen molar-refractivity contribution < 1.29 is 19.1 Å². The summed E-state index contributed by atoms with van der Waals surface area (Å²) in [4.78, 5) is 36.4. The van der Waals surface area contributed by atoms with Crippen LogP contribution in [0.1, 0.15) is 42.0 Å². The summed E-state index contributed by atoms with van der Waals surface area (Å²) in [5.41, 5.74) is 2.57. The van der Waals surface area contributed by atoms with E-state index in [4.69, 9.17) is 4.74 Å². The fourth-order valence-corrected chi connectivity index (χ4v) is 2.69. The van der Waals surface area contributed by atoms with Gasteiger partial charge in [0.25, 0.3) is 11.8 Å². The minimum absolute atomic E-state index is 0.115. The second-order valence-electron chi connectivity index (χ2n) is 7.26. The third kappa shape index (κ3) is 7.06. The number of aromatic nitrogens is 2. The van der Waals surface area contributed by atoms with Crippen LogP contribution in [0.25, 0.3) is 0 Å². The van der Waals surface area contributed by atoms with Crippen molar-refractivity contribution >= 4 is 23.5 Å². The third-order valence-corrected chi connectivity index (χ3v) is 4.11. The monoisotopic (exact) mass is 400 g/mol. The summed E-state index contributed by atoms with van der Waals surface area (Å²) in [6.45, 7) is 8.29. The summed E-state index contributed by atoms with van der Waals surface area (Å²) >= 11 is 0. The van der Waals surface area contributed by atoms with E-state index in [1.165, 1.54) is 0 Å². The standard InChI is InChI=1S/C21H28N4O4/c1-14(2)12-22-21(28)17-7-5-6-8-18(17)23-19(26)13-29-20(27)9-10-25-16(4)11-15(3)24-25/h5-8,11,14H,9-10,12-13H2,1-4H3,(H,22,28)(H,23,26). The summed E-state index contributed by atoms with van der Waals surface area (Å²) in [6, 6.07) is 8.63. The van der Waals surface area contributed by atoms with Gasteiger partial charge in [0.15, 0.2) is 6.61 Å². The molecule has 0 unspecified atom stereocenters. The van der Waals surface area contributed by atoms with Crippen molar-refractivity contribution in [1.29, 1.82) is 0 Å². The Labute approximate surface area is 170 Å². The Morgan fingerprint density at radius 1 is 1.17 bits per heavy atom. The van der Waals surface area contributed by atoms with Crippen LogP contribution in [-0.2, 0) is 20.9 Å². The SMILES string of the molecule is Cc1cc(C)n(CCC(=O)OCC(=O)Nc2ccccc2C(=O)NCC(C)C)n1. The fourth-order valence-electron chi connectivity index (χ4n) is 2.69. The van der Waals surface area contributed by atoms with Gasteiger partial charge < -0.3 is 15.4 Å². The number of amides is 2. The summed E-state index contributed by atoms with van der Waals surface area (Å²) < 4.78 is 6.76. The normalized spacial score (nSPS) is 10.7. The van der Waals surface area contributed by atoms with Gasteiger partial charge in [0, 0.05) is 12.2 Å². The Morgan fingerprint density at radius 3 is 2.55 bits per heavy atom. The van der Waals surface area contributed by atoms with E-state index in [9.17, 15) is 14.4 Å². The molecule has 8 nitrogen and oxygen atoms in total. The highest BCUT2D eigenvalue weighted by Gasteiger charge is 2.14. The van der Waals surface area contributed by atoms with Gasteiger partial charge in [-0.25, -0.2) is 0 Å². The van der Waals surface area contributed by atoms with Gasteiger partial charge in [0.1, 0.15) is 0 Å². The molecule has 0 spiro atoms. The number of para-hydroxylation sites is 1. The Kier molecular flexibility index (Phi) is 7.94. The van der Waals surface area contributed by atoms with Gasteiger partial charge in [-0.05, 0) is 38.0 Å². The first-order valence-electron chi connectivity index (χ1n) is 9.60. The molecule has 1 heterocycles. The maximum atomic E-state index is 12.3. The van der Waals surface area contributed by atoms with Crippen LogP contribution in [0, 0.1) is 19.8 Å². The Bertz CT molecular complexity index is 873. The maximum Gasteiger partial charge on any atom is 0.308 e. The highest BCUT2D eigenvalue weighted by Crippen LogP contribution is 2.15. The van der Waals surface area contributed by atoms with Gasteiger partial charge in [0.05, 0.1) is 29.9 Å². The van der Waals surface area contributed by atoms with Crippen LogP contribution >= 0.6 is 0 Å². The third-order valence-electron chi connectivity index (χ3n) is 4.11. The maximum absolute atomic E-state index is 12.3. The van der Waals surface area contributed by atoms with E-state index in [0.717, 1.165) is 11.4 Å². The molecule has 156 valence electrons. The molecule has 2 amide bonds. The van der Waals surface area contributed by atoms with Gasteiger partial charge in [-0.2, -0.15) is 5.10 Å². The molecule has 0 aliphatic rings. The van der Waals surface area contributed by atoms with Crippen molar-refractivity contribution in [2.24, 2.45) is 5.92 Å². The van der Waals surface area contributed by atoms with Gasteiger partial charge in [0.2, 0.25) is 0 Å². The molecule has 1 aromatic carbocycles. The molecule has 2 N–H and O–H groups in total. The molecule has 0 fully saturated rings. The number of rotatable bonds is 9. The first kappa shape index (κ1) is 22.1. The number of hydrogen-bond acceptors (Lipinski definition) is 5. The summed E-state index contributed by atoms with van der Waals surface area (Å²) in [5, 5.41) is 9.72. The number of aryl methyl sites for hydroxylation is 3. The van der Waals surface area contributed by atoms with E-state index >= 15 is 0 Å². The topological polar surface area (TPSA) is 102 Å². The number of carbonyl (C=O) groups excluding carboxylic acids is 3. The molecular formula is C21H28N4O4. The number of nitrogens with zero attached hydrogens (tertiary/aromatic N) is 2. The number of anilines is 1. The molecule has 2 aromatic rings. The summed E-state index contributed by atoms with van der Waals surface area (Å²) in [5.74, 6) is -0.949. The lowest BCUT2D eigenvalue weighted by Gasteiger charge is -2.12. The predicted molar refractivity (Wildman–Crippen MR) is 110 cm³/mol. The predicted octanol–water partition coefficient (Wildman–Crippen LogP) is 2.46. The largest absolute Gasteiger partial charge is 0.456 e. The van der Waals surface area contributed by atoms with Gasteiger partial charge in [-0.3, -0.25) is 19.1 Å². The molecule has 8 heteroatoms. The molecular weight excluding hydrogens is 372 g/mol. The first-order valence-corrected chi connectivity index (χ1v) is 9.60. The van der Waals surface area contributed by atoms with E-state index in [2.05, 4.69) is 15.7 Å². The molecule has 0 bridgehead atoms. The van der Waals surface area contributed by atoms with Crippen molar-refractivity contribution in [2.45, 2.75) is 40.7 Å². The molecule has 0 saturated carbocycles. The molecule has 0 radical (unpaired) electrons. The second-order valence-corrected chi connectivity index (χ2v) is 7.26. The van der Waals surface area contributed by atoms with Crippen LogP contribution in [0.2, 0.25) is 0 Å². The van der Waals surface area contributed by atoms with Crippen LogP contribution in [-0.4, -0.2) is 40.7 Å². The van der Waals surface area contributed by atoms with Crippen LogP contribution in [0.4, 0.5) is 5.69 Å². The van der Waals surface area contributed by atoms with Crippen molar-refractivity contribution in [2.75, 3.05) is 18.5 Å². The quantitative estimate of drug-likeness (QED) is 0.630. The van der Waals surface area contributed by atoms with Crippen LogP contribution < -0.4 is 10.6 Å². The lowest BCUT2D eigenvalue weighted by atomic mass is 10.1. The van der Waals surface area contributed by atoms with E-state index in [1.54, 1.807) is 28.9 Å². The zero-order valence-corrected chi connectivity index (χ0v) is 17.3. The number of esters is 1. The highest BCUT2D eigenvalue weighted by atomic mass is 16.5. The highest BCUT2D eigenvalue weighted by molar-refractivity contribution is 6.04. The lowest BCUT2D eigenvalue weighted by molar-refractivity contribution is -0.147. The molecule has 0 aliphatic carbocycles. The number of carbonyl (C=O) groups is 3. The minimum atomic E-state index is -0.506. The number of nitrogens with one attached hydrogen (secondary N) is 2. The summed E-state index contributed by atoms with van der Waals surface area (Å²) in [7, 11) is 0. The first-order chi connectivity index (χ1) is 13.8. The summed E-state index contributed by atoms with van der Waals surface area (Å²) in [6.07, 6.45) is 0.115. The lowest BCUT2D eigenvalue weighted by Crippen LogP contribution is -2.29. The van der Waals surface area contributed by atoms with Crippen LogP contribution in [0.5, 0.6) is 0 Å². The molecule has 0 atom stereocenters. The Morgan fingerprint density at radius 2 is 1.90 bits per heavy atom. The smallest absolute Gasteiger partial charge is 0.308 e. The number of hydrogen-bond donors (Lipinski definition) is 2. The molecule has 0 aliphatic heterocycles. The van der Waals surface area contributed by atoms with E-state index in [-0.39, 0.29) is 12.3 Å². The molecule has 1 aromatic heterocycles. The van der Waals surface area contributed by atoms with Gasteiger partial charge in [-0.15, -0.1) is 0 Å². The second kappa shape index (κ2) is 10.4. The Balaban J connectivity index is 1.83. The Hall–Kier alpha value is -3.16. The van der Waals surface area contributed by atoms with Crippen molar-refractivity contribution in [1.82, 2.24) is 15.1 Å². The van der Waals surface area contributed by atoms with Crippen LogP contribution in [0.15, 0.2) is 30.3 Å². The van der Waals surface area contributed by atoms with Crippen LogP contribution in [0.3, 0.4) is 0 Å². The number of benzene rings is 1. The molecule has 29 heavy (non-hydrogen) atoms. The zero-order chi connectivity index (χ0) is 21.4. The molecule has 2 rings (SSSR count). The van der Waals surface area contributed by atoms with Gasteiger partial charge >= 0.3 is 5.97 Å². The average molecular weight is 400 g/mol. The van der Waals surface area contributed by atoms with E-state index in [1.807, 2.05) is 33.8 Å².